The van der Waals surface area contributed by atoms with Crippen LogP contribution in [-0.2, 0) is 9.84 Å². The molecule has 10 heteroatoms. The van der Waals surface area contributed by atoms with Crippen molar-refractivity contribution in [2.75, 3.05) is 12.0 Å². The topological polar surface area (TPSA) is 116 Å². The molecular weight excluding hydrogens is 311 g/mol. The van der Waals surface area contributed by atoms with Crippen LogP contribution in [-0.4, -0.2) is 39.2 Å². The second kappa shape index (κ2) is 4.70. The Morgan fingerprint density at radius 3 is 2.64 bits per heavy atom. The Hall–Kier alpha value is -2.62. The highest BCUT2D eigenvalue weighted by molar-refractivity contribution is 7.90. The Labute approximate surface area is 124 Å². The average Bonchev–Trinajstić information content (AvgIpc) is 2.85. The van der Waals surface area contributed by atoms with Gasteiger partial charge in [0.15, 0.2) is 5.82 Å². The number of nitrogens with two attached hydrogens (primary N) is 1. The standard InChI is InChI=1S/C12H11FN6O2S/c1-6-3-4-7(13)5-8(6)9-15-11-17-12(22(2,20)21)16-10(14)19(11)18-9/h3-5H,1-2H3,(H2,14,15,16,17,18). The molecule has 0 unspecified atom stereocenters. The van der Waals surface area contributed by atoms with E-state index in [1.165, 1.54) is 12.1 Å². The molecule has 2 heterocycles. The minimum absolute atomic E-state index is 0.0217. The maximum Gasteiger partial charge on any atom is 0.258 e. The van der Waals surface area contributed by atoms with E-state index < -0.39 is 20.8 Å². The summed E-state index contributed by atoms with van der Waals surface area (Å²) in [6.45, 7) is 1.78. The fourth-order valence-corrected chi connectivity index (χ4v) is 2.41. The lowest BCUT2D eigenvalue weighted by molar-refractivity contribution is 0.592. The summed E-state index contributed by atoms with van der Waals surface area (Å²) in [5, 5.41) is 3.66. The van der Waals surface area contributed by atoms with Gasteiger partial charge in [0.2, 0.25) is 15.8 Å². The van der Waals surface area contributed by atoms with Gasteiger partial charge in [0.05, 0.1) is 0 Å². The highest BCUT2D eigenvalue weighted by Crippen LogP contribution is 2.22. The number of nitrogen functional groups attached to an aromatic ring is 1. The van der Waals surface area contributed by atoms with Crippen LogP contribution >= 0.6 is 0 Å². The number of aromatic nitrogens is 5. The number of fused-ring (bicyclic) bond motifs is 1. The summed E-state index contributed by atoms with van der Waals surface area (Å²) in [4.78, 5) is 11.6. The lowest BCUT2D eigenvalue weighted by Gasteiger charge is -2.00. The Balaban J connectivity index is 2.26. The van der Waals surface area contributed by atoms with Crippen molar-refractivity contribution < 1.29 is 12.8 Å². The molecule has 1 aromatic carbocycles. The van der Waals surface area contributed by atoms with Crippen molar-refractivity contribution in [3.63, 3.8) is 0 Å². The van der Waals surface area contributed by atoms with E-state index in [9.17, 15) is 12.8 Å². The molecule has 22 heavy (non-hydrogen) atoms. The molecule has 0 aliphatic heterocycles. The van der Waals surface area contributed by atoms with Crippen LogP contribution in [0.4, 0.5) is 10.3 Å². The summed E-state index contributed by atoms with van der Waals surface area (Å²) in [5.41, 5.74) is 6.90. The van der Waals surface area contributed by atoms with Crippen molar-refractivity contribution in [2.45, 2.75) is 12.1 Å². The first-order valence-electron chi connectivity index (χ1n) is 6.12. The first-order chi connectivity index (χ1) is 10.3. The second-order valence-corrected chi connectivity index (χ2v) is 6.65. The van der Waals surface area contributed by atoms with Gasteiger partial charge in [-0.2, -0.15) is 19.5 Å². The van der Waals surface area contributed by atoms with Crippen molar-refractivity contribution in [1.29, 1.82) is 0 Å². The number of benzene rings is 1. The van der Waals surface area contributed by atoms with E-state index in [0.29, 0.717) is 5.56 Å². The highest BCUT2D eigenvalue weighted by Gasteiger charge is 2.18. The van der Waals surface area contributed by atoms with Crippen molar-refractivity contribution in [1.82, 2.24) is 24.6 Å². The maximum atomic E-state index is 13.4. The Morgan fingerprint density at radius 1 is 1.23 bits per heavy atom. The van der Waals surface area contributed by atoms with Crippen LogP contribution in [0.3, 0.4) is 0 Å². The van der Waals surface area contributed by atoms with Crippen LogP contribution in [0.2, 0.25) is 0 Å². The first kappa shape index (κ1) is 14.3. The number of halogens is 1. The molecule has 0 amide bonds. The smallest absolute Gasteiger partial charge is 0.258 e. The maximum absolute atomic E-state index is 13.4. The SMILES string of the molecule is Cc1ccc(F)cc1-c1nc2nc(S(C)(=O)=O)nc(N)n2n1. The van der Waals surface area contributed by atoms with Crippen LogP contribution in [0.15, 0.2) is 23.4 Å². The van der Waals surface area contributed by atoms with Gasteiger partial charge in [-0.3, -0.25) is 0 Å². The average molecular weight is 322 g/mol. The van der Waals surface area contributed by atoms with Crippen molar-refractivity contribution in [3.8, 4) is 11.4 Å². The molecule has 114 valence electrons. The van der Waals surface area contributed by atoms with E-state index in [0.717, 1.165) is 16.3 Å². The molecule has 0 radical (unpaired) electrons. The molecule has 2 N–H and O–H groups in total. The predicted octanol–water partition coefficient (Wildman–Crippen LogP) is 0.620. The van der Waals surface area contributed by atoms with Crippen molar-refractivity contribution in [2.24, 2.45) is 0 Å². The van der Waals surface area contributed by atoms with Gasteiger partial charge in [-0.15, -0.1) is 5.10 Å². The summed E-state index contributed by atoms with van der Waals surface area (Å²) in [6.07, 6.45) is 0.965. The Morgan fingerprint density at radius 2 is 1.95 bits per heavy atom. The van der Waals surface area contributed by atoms with Crippen molar-refractivity contribution >= 4 is 21.6 Å². The number of hydrogen-bond acceptors (Lipinski definition) is 7. The van der Waals surface area contributed by atoms with E-state index in [1.807, 2.05) is 0 Å². The molecule has 0 bridgehead atoms. The third kappa shape index (κ3) is 2.37. The fourth-order valence-electron chi connectivity index (χ4n) is 1.90. The molecule has 0 saturated carbocycles. The van der Waals surface area contributed by atoms with E-state index in [2.05, 4.69) is 20.1 Å². The number of hydrogen-bond donors (Lipinski definition) is 1. The zero-order valence-corrected chi connectivity index (χ0v) is 12.5. The van der Waals surface area contributed by atoms with Gasteiger partial charge in [0, 0.05) is 11.8 Å². The monoisotopic (exact) mass is 322 g/mol. The van der Waals surface area contributed by atoms with Gasteiger partial charge in [0.1, 0.15) is 5.82 Å². The molecule has 0 aliphatic rings. The summed E-state index contributed by atoms with van der Waals surface area (Å²) in [5.74, 6) is -0.441. The number of sulfone groups is 1. The Kier molecular flexibility index (Phi) is 3.06. The lowest BCUT2D eigenvalue weighted by atomic mass is 10.1. The van der Waals surface area contributed by atoms with Gasteiger partial charge in [0.25, 0.3) is 10.9 Å². The molecule has 0 fully saturated rings. The van der Waals surface area contributed by atoms with E-state index in [4.69, 9.17) is 5.73 Å². The molecule has 8 nitrogen and oxygen atoms in total. The fraction of sp³-hybridized carbons (Fsp3) is 0.167. The number of rotatable bonds is 2. The van der Waals surface area contributed by atoms with Crippen LogP contribution < -0.4 is 5.73 Å². The molecule has 0 saturated heterocycles. The van der Waals surface area contributed by atoms with Gasteiger partial charge < -0.3 is 5.73 Å². The van der Waals surface area contributed by atoms with Crippen LogP contribution in [0, 0.1) is 12.7 Å². The Bertz CT molecular complexity index is 998. The zero-order chi connectivity index (χ0) is 16.1. The zero-order valence-electron chi connectivity index (χ0n) is 11.6. The third-order valence-electron chi connectivity index (χ3n) is 2.99. The van der Waals surface area contributed by atoms with Gasteiger partial charge >= 0.3 is 0 Å². The molecule has 0 atom stereocenters. The predicted molar refractivity (Wildman–Crippen MR) is 76.2 cm³/mol. The van der Waals surface area contributed by atoms with Gasteiger partial charge in [-0.25, -0.2) is 12.8 Å². The molecule has 3 rings (SSSR count). The van der Waals surface area contributed by atoms with Crippen LogP contribution in [0.5, 0.6) is 0 Å². The number of aryl methyl sites for hydroxylation is 1. The van der Waals surface area contributed by atoms with Gasteiger partial charge in [-0.1, -0.05) is 6.07 Å². The molecule has 0 spiro atoms. The van der Waals surface area contributed by atoms with E-state index >= 15 is 0 Å². The minimum atomic E-state index is -3.63. The molecular formula is C12H11FN6O2S. The number of nitrogens with zero attached hydrogens (tertiary/aromatic N) is 5. The summed E-state index contributed by atoms with van der Waals surface area (Å²) < 4.78 is 37.5. The number of anilines is 1. The molecule has 2 aromatic heterocycles. The summed E-state index contributed by atoms with van der Waals surface area (Å²) in [6, 6.07) is 4.20. The highest BCUT2D eigenvalue weighted by atomic mass is 32.2. The minimum Gasteiger partial charge on any atom is -0.368 e. The van der Waals surface area contributed by atoms with E-state index in [-0.39, 0.29) is 17.6 Å². The van der Waals surface area contributed by atoms with Crippen molar-refractivity contribution in [3.05, 3.63) is 29.6 Å². The second-order valence-electron chi connectivity index (χ2n) is 4.74. The first-order valence-corrected chi connectivity index (χ1v) is 8.02. The van der Waals surface area contributed by atoms with Gasteiger partial charge in [-0.05, 0) is 24.6 Å². The summed E-state index contributed by atoms with van der Waals surface area (Å²) >= 11 is 0. The lowest BCUT2D eigenvalue weighted by Crippen LogP contribution is -2.11. The molecule has 0 aliphatic carbocycles. The third-order valence-corrected chi connectivity index (χ3v) is 3.83. The van der Waals surface area contributed by atoms with Crippen LogP contribution in [0.1, 0.15) is 5.56 Å². The quantitative estimate of drug-likeness (QED) is 0.735. The normalized spacial score (nSPS) is 12.0. The summed E-state index contributed by atoms with van der Waals surface area (Å²) in [7, 11) is -3.63. The van der Waals surface area contributed by atoms with Crippen LogP contribution in [0.25, 0.3) is 17.2 Å². The molecule has 3 aromatic rings. The largest absolute Gasteiger partial charge is 0.368 e. The van der Waals surface area contributed by atoms with E-state index in [1.54, 1.807) is 13.0 Å².